The van der Waals surface area contributed by atoms with Crippen LogP contribution in [0.2, 0.25) is 0 Å². The summed E-state index contributed by atoms with van der Waals surface area (Å²) in [5, 5.41) is 14.1. The normalized spacial score (nSPS) is 19.2. The number of anilines is 1. The van der Waals surface area contributed by atoms with Crippen LogP contribution >= 0.6 is 0 Å². The molecule has 0 unspecified atom stereocenters. The van der Waals surface area contributed by atoms with Crippen LogP contribution in [0, 0.1) is 0 Å². The molecule has 1 saturated heterocycles. The lowest BCUT2D eigenvalue weighted by Gasteiger charge is -2.31. The van der Waals surface area contributed by atoms with Crippen molar-refractivity contribution >= 4 is 29.1 Å². The van der Waals surface area contributed by atoms with Crippen LogP contribution in [0.4, 0.5) is 5.69 Å². The van der Waals surface area contributed by atoms with Crippen LogP contribution in [0.3, 0.4) is 0 Å². The van der Waals surface area contributed by atoms with Crippen molar-refractivity contribution in [3.05, 3.63) is 60.0 Å². The van der Waals surface area contributed by atoms with E-state index < -0.39 is 6.04 Å². The topological polar surface area (TPSA) is 109 Å². The molecule has 3 aromatic rings. The molecule has 0 saturated carbocycles. The van der Waals surface area contributed by atoms with E-state index in [1.807, 2.05) is 33.7 Å². The van der Waals surface area contributed by atoms with Gasteiger partial charge in [-0.2, -0.15) is 0 Å². The zero-order chi connectivity index (χ0) is 22.1. The minimum Gasteiger partial charge on any atom is -0.343 e. The van der Waals surface area contributed by atoms with Gasteiger partial charge in [0.25, 0.3) is 5.91 Å². The number of carbonyl (C=O) groups is 3. The molecule has 164 valence electrons. The summed E-state index contributed by atoms with van der Waals surface area (Å²) in [4.78, 5) is 39.6. The molecule has 2 aliphatic heterocycles. The maximum absolute atomic E-state index is 12.8. The standard InChI is InChI=1S/C23H24N6O3/c30-20(9-8-18-23(32)24-17-6-2-1-5-16(17)22(31)25-18)28-13-10-15(11-14-28)21-27-26-19-7-3-4-12-29(19)21/h1-7,12,15,18H,8-11,13-14H2,(H,24,32)(H,25,31)/t18-/m1/s1. The first-order valence-corrected chi connectivity index (χ1v) is 10.9. The highest BCUT2D eigenvalue weighted by Crippen LogP contribution is 2.27. The summed E-state index contributed by atoms with van der Waals surface area (Å²) >= 11 is 0. The van der Waals surface area contributed by atoms with E-state index in [-0.39, 0.29) is 36.5 Å². The van der Waals surface area contributed by atoms with Crippen LogP contribution in [0.15, 0.2) is 48.7 Å². The first-order valence-electron chi connectivity index (χ1n) is 10.9. The number of piperidine rings is 1. The molecule has 0 radical (unpaired) electrons. The van der Waals surface area contributed by atoms with Gasteiger partial charge in [0.2, 0.25) is 11.8 Å². The van der Waals surface area contributed by atoms with Crippen LogP contribution in [-0.4, -0.2) is 56.4 Å². The van der Waals surface area contributed by atoms with Gasteiger partial charge in [-0.1, -0.05) is 18.2 Å². The molecular formula is C23H24N6O3. The fourth-order valence-corrected chi connectivity index (χ4v) is 4.47. The molecule has 5 rings (SSSR count). The Morgan fingerprint density at radius 3 is 2.66 bits per heavy atom. The van der Waals surface area contributed by atoms with Gasteiger partial charge in [0.1, 0.15) is 11.9 Å². The number of hydrogen-bond donors (Lipinski definition) is 2. The summed E-state index contributed by atoms with van der Waals surface area (Å²) < 4.78 is 2.01. The number of pyridine rings is 1. The second-order valence-electron chi connectivity index (χ2n) is 8.24. The minimum absolute atomic E-state index is 0.00152. The molecule has 2 aliphatic rings. The average molecular weight is 432 g/mol. The average Bonchev–Trinajstić information content (AvgIpc) is 3.21. The number of para-hydroxylation sites is 1. The Balaban J connectivity index is 1.16. The van der Waals surface area contributed by atoms with Crippen LogP contribution in [-0.2, 0) is 9.59 Å². The summed E-state index contributed by atoms with van der Waals surface area (Å²) in [7, 11) is 0. The summed E-state index contributed by atoms with van der Waals surface area (Å²) in [5.74, 6) is 0.580. The molecule has 0 spiro atoms. The van der Waals surface area contributed by atoms with Crippen LogP contribution in [0.1, 0.15) is 47.8 Å². The summed E-state index contributed by atoms with van der Waals surface area (Å²) in [5.41, 5.74) is 1.75. The maximum atomic E-state index is 12.8. The van der Waals surface area contributed by atoms with Crippen molar-refractivity contribution in [2.45, 2.75) is 37.6 Å². The lowest BCUT2D eigenvalue weighted by Crippen LogP contribution is -2.43. The summed E-state index contributed by atoms with van der Waals surface area (Å²) in [6.07, 6.45) is 4.06. The van der Waals surface area contributed by atoms with Gasteiger partial charge in [0, 0.05) is 31.6 Å². The van der Waals surface area contributed by atoms with Crippen molar-refractivity contribution in [2.24, 2.45) is 0 Å². The van der Waals surface area contributed by atoms with Gasteiger partial charge in [-0.25, -0.2) is 0 Å². The molecule has 2 aromatic heterocycles. The van der Waals surface area contributed by atoms with Crippen LogP contribution in [0.25, 0.3) is 5.65 Å². The van der Waals surface area contributed by atoms with E-state index in [9.17, 15) is 14.4 Å². The molecule has 3 amide bonds. The molecule has 1 aromatic carbocycles. The second-order valence-corrected chi connectivity index (χ2v) is 8.24. The van der Waals surface area contributed by atoms with Gasteiger partial charge in [-0.05, 0) is 43.5 Å². The molecule has 1 fully saturated rings. The highest BCUT2D eigenvalue weighted by molar-refractivity contribution is 6.09. The van der Waals surface area contributed by atoms with Crippen molar-refractivity contribution < 1.29 is 14.4 Å². The summed E-state index contributed by atoms with van der Waals surface area (Å²) in [6, 6.07) is 12.0. The zero-order valence-electron chi connectivity index (χ0n) is 17.5. The third kappa shape index (κ3) is 3.81. The van der Waals surface area contributed by atoms with Gasteiger partial charge in [-0.3, -0.25) is 18.8 Å². The molecule has 2 N–H and O–H groups in total. The Hall–Kier alpha value is -3.75. The Kier molecular flexibility index (Phi) is 5.30. The second kappa shape index (κ2) is 8.41. The van der Waals surface area contributed by atoms with Crippen molar-refractivity contribution in [1.82, 2.24) is 24.8 Å². The zero-order valence-corrected chi connectivity index (χ0v) is 17.5. The minimum atomic E-state index is -0.737. The van der Waals surface area contributed by atoms with Gasteiger partial charge in [-0.15, -0.1) is 10.2 Å². The molecule has 9 nitrogen and oxygen atoms in total. The fourth-order valence-electron chi connectivity index (χ4n) is 4.47. The summed E-state index contributed by atoms with van der Waals surface area (Å²) in [6.45, 7) is 1.28. The predicted molar refractivity (Wildman–Crippen MR) is 117 cm³/mol. The monoisotopic (exact) mass is 432 g/mol. The number of nitrogens with one attached hydrogen (secondary N) is 2. The smallest absolute Gasteiger partial charge is 0.254 e. The van der Waals surface area contributed by atoms with E-state index in [0.717, 1.165) is 24.3 Å². The Labute approximate surface area is 184 Å². The Bertz CT molecular complexity index is 1180. The quantitative estimate of drug-likeness (QED) is 0.655. The number of benzene rings is 1. The van der Waals surface area contributed by atoms with Crippen LogP contribution < -0.4 is 10.6 Å². The number of aromatic nitrogens is 3. The number of carbonyl (C=O) groups excluding carboxylic acids is 3. The number of nitrogens with zero attached hydrogens (tertiary/aromatic N) is 4. The van der Waals surface area contributed by atoms with Crippen LogP contribution in [0.5, 0.6) is 0 Å². The Morgan fingerprint density at radius 2 is 1.81 bits per heavy atom. The third-order valence-electron chi connectivity index (χ3n) is 6.25. The molecule has 0 bridgehead atoms. The predicted octanol–water partition coefficient (Wildman–Crippen LogP) is 1.97. The largest absolute Gasteiger partial charge is 0.343 e. The van der Waals surface area contributed by atoms with E-state index in [4.69, 9.17) is 0 Å². The first-order chi connectivity index (χ1) is 15.6. The number of hydrogen-bond acceptors (Lipinski definition) is 5. The number of fused-ring (bicyclic) bond motifs is 2. The third-order valence-corrected chi connectivity index (χ3v) is 6.25. The van der Waals surface area contributed by atoms with Crippen molar-refractivity contribution in [1.29, 1.82) is 0 Å². The molecule has 4 heterocycles. The lowest BCUT2D eigenvalue weighted by molar-refractivity contribution is -0.132. The molecule has 0 aliphatic carbocycles. The Morgan fingerprint density at radius 1 is 1.03 bits per heavy atom. The van der Waals surface area contributed by atoms with Crippen molar-refractivity contribution in [3.8, 4) is 0 Å². The van der Waals surface area contributed by atoms with E-state index in [1.54, 1.807) is 24.3 Å². The van der Waals surface area contributed by atoms with Crippen molar-refractivity contribution in [3.63, 3.8) is 0 Å². The van der Waals surface area contributed by atoms with Crippen molar-refractivity contribution in [2.75, 3.05) is 18.4 Å². The van der Waals surface area contributed by atoms with E-state index >= 15 is 0 Å². The molecule has 9 heteroatoms. The van der Waals surface area contributed by atoms with Gasteiger partial charge in [0.15, 0.2) is 5.65 Å². The fraction of sp³-hybridized carbons (Fsp3) is 0.348. The highest BCUT2D eigenvalue weighted by atomic mass is 16.2. The highest BCUT2D eigenvalue weighted by Gasteiger charge is 2.30. The van der Waals surface area contributed by atoms with E-state index in [2.05, 4.69) is 20.8 Å². The maximum Gasteiger partial charge on any atom is 0.254 e. The van der Waals surface area contributed by atoms with E-state index in [1.165, 1.54) is 0 Å². The van der Waals surface area contributed by atoms with Gasteiger partial charge < -0.3 is 15.5 Å². The number of rotatable bonds is 4. The lowest BCUT2D eigenvalue weighted by atomic mass is 9.95. The molecule has 32 heavy (non-hydrogen) atoms. The SMILES string of the molecule is O=C1N[C@H](CCC(=O)N2CCC(c3nnc4ccccn34)CC2)C(=O)Nc2ccccc21. The first kappa shape index (κ1) is 20.2. The number of amides is 3. The van der Waals surface area contributed by atoms with Gasteiger partial charge >= 0.3 is 0 Å². The molecular weight excluding hydrogens is 408 g/mol. The molecule has 1 atom stereocenters. The van der Waals surface area contributed by atoms with E-state index in [0.29, 0.717) is 24.3 Å². The van der Waals surface area contributed by atoms with Gasteiger partial charge in [0.05, 0.1) is 11.3 Å². The number of likely N-dealkylation sites (tertiary alicyclic amines) is 1.